The highest BCUT2D eigenvalue weighted by Crippen LogP contribution is 2.35. The van der Waals surface area contributed by atoms with Crippen LogP contribution in [-0.4, -0.2) is 78.8 Å². The number of methoxy groups -OCH3 is 1. The summed E-state index contributed by atoms with van der Waals surface area (Å²) in [6.07, 6.45) is 4.97. The number of rotatable bonds is 10. The molecule has 1 aromatic rings. The average molecular weight is 450 g/mol. The Bertz CT molecular complexity index is 768. The second-order valence-corrected chi connectivity index (χ2v) is 8.39. The molecule has 2 atom stereocenters. The number of hydrogen-bond acceptors (Lipinski definition) is 6. The third kappa shape index (κ3) is 8.12. The summed E-state index contributed by atoms with van der Waals surface area (Å²) >= 11 is 0. The van der Waals surface area contributed by atoms with Crippen molar-refractivity contribution in [1.29, 1.82) is 0 Å². The lowest BCUT2D eigenvalue weighted by atomic mass is 10.1. The number of hydrogen-bond donors (Lipinski definition) is 4. The summed E-state index contributed by atoms with van der Waals surface area (Å²) in [6, 6.07) is 5.28. The Kier molecular flexibility index (Phi) is 10.4. The number of nitrogens with one attached hydrogen (secondary N) is 2. The molecule has 2 fully saturated rings. The Labute approximate surface area is 189 Å². The number of likely N-dealkylation sites (tertiary alicyclic amines) is 1. The van der Waals surface area contributed by atoms with Gasteiger partial charge in [0.15, 0.2) is 0 Å². The molecule has 3 rings (SSSR count). The van der Waals surface area contributed by atoms with Crippen molar-refractivity contribution in [2.75, 3.05) is 33.4 Å². The molecular formula is C23H35N3O6. The number of nitrogens with zero attached hydrogens (tertiary/aromatic N) is 1. The topological polar surface area (TPSA) is 128 Å². The molecule has 0 bridgehead atoms. The molecule has 1 saturated carbocycles. The summed E-state index contributed by atoms with van der Waals surface area (Å²) in [5.41, 5.74) is 1.35. The van der Waals surface area contributed by atoms with Crippen molar-refractivity contribution < 1.29 is 29.3 Å². The largest absolute Gasteiger partial charge is 0.508 e. The minimum atomic E-state index is -0.250. The van der Waals surface area contributed by atoms with E-state index in [1.54, 1.807) is 19.2 Å². The van der Waals surface area contributed by atoms with Crippen LogP contribution in [-0.2, 0) is 14.3 Å². The van der Waals surface area contributed by atoms with E-state index in [1.807, 2.05) is 6.92 Å². The summed E-state index contributed by atoms with van der Waals surface area (Å²) in [5, 5.41) is 22.4. The molecule has 0 spiro atoms. The minimum Gasteiger partial charge on any atom is -0.508 e. The average Bonchev–Trinajstić information content (AvgIpc) is 3.49. The molecule has 1 saturated heterocycles. The third-order valence-corrected chi connectivity index (χ3v) is 5.94. The molecule has 1 aliphatic heterocycles. The molecule has 0 aromatic heterocycles. The van der Waals surface area contributed by atoms with E-state index in [1.165, 1.54) is 18.9 Å². The zero-order valence-electron chi connectivity index (χ0n) is 18.9. The van der Waals surface area contributed by atoms with Gasteiger partial charge in [0.1, 0.15) is 5.75 Å². The second-order valence-electron chi connectivity index (χ2n) is 8.39. The highest BCUT2D eigenvalue weighted by Gasteiger charge is 2.38. The number of ether oxygens (including phenoxy) is 1. The Morgan fingerprint density at radius 3 is 2.50 bits per heavy atom. The van der Waals surface area contributed by atoms with Crippen molar-refractivity contribution in [1.82, 2.24) is 15.5 Å². The maximum atomic E-state index is 12.6. The fourth-order valence-electron chi connectivity index (χ4n) is 4.14. The Hall–Kier alpha value is -2.65. The van der Waals surface area contributed by atoms with E-state index in [4.69, 9.17) is 14.6 Å². The van der Waals surface area contributed by atoms with Crippen LogP contribution in [0.15, 0.2) is 18.2 Å². The van der Waals surface area contributed by atoms with Crippen LogP contribution in [0.25, 0.3) is 0 Å². The van der Waals surface area contributed by atoms with Gasteiger partial charge >= 0.3 is 0 Å². The van der Waals surface area contributed by atoms with Crippen molar-refractivity contribution >= 4 is 18.3 Å². The van der Waals surface area contributed by atoms with Gasteiger partial charge in [-0.15, -0.1) is 0 Å². The van der Waals surface area contributed by atoms with Gasteiger partial charge in [0.25, 0.3) is 12.4 Å². The third-order valence-electron chi connectivity index (χ3n) is 5.94. The fraction of sp³-hybridized carbons (Fsp3) is 0.609. The first kappa shape index (κ1) is 25.6. The summed E-state index contributed by atoms with van der Waals surface area (Å²) in [4.78, 5) is 35.7. The molecule has 9 heteroatoms. The molecule has 2 aliphatic rings. The molecule has 1 aromatic carbocycles. The Morgan fingerprint density at radius 2 is 1.88 bits per heavy atom. The van der Waals surface area contributed by atoms with Gasteiger partial charge in [-0.25, -0.2) is 0 Å². The maximum absolute atomic E-state index is 12.6. The number of benzene rings is 1. The smallest absolute Gasteiger partial charge is 0.290 e. The van der Waals surface area contributed by atoms with Gasteiger partial charge < -0.3 is 25.6 Å². The number of carboxylic acid groups (broad SMARTS) is 1. The monoisotopic (exact) mass is 449 g/mol. The number of carbonyl (C=O) groups excluding carboxylic acids is 2. The molecular weight excluding hydrogens is 414 g/mol. The number of phenolic OH excluding ortho intramolecular Hbond substituents is 1. The highest BCUT2D eigenvalue weighted by molar-refractivity contribution is 5.95. The number of phenols is 1. The van der Waals surface area contributed by atoms with Gasteiger partial charge in [0.05, 0.1) is 6.61 Å². The lowest BCUT2D eigenvalue weighted by Gasteiger charge is -2.30. The standard InChI is InChI=1S/C22H33N3O4.CH2O2/c1-15-11-19(26)7-8-20(15)22(28)24-13-18-6-5-17(25(18)14-16-3-4-16)12-21(27)23-9-10-29-2;2-1-3/h7-8,11,16-18,26H,3-6,9-10,12-14H2,1-2H3,(H,23,27)(H,24,28);1H,(H,2,3)/t17-,18+;/m1./s1. The zero-order valence-corrected chi connectivity index (χ0v) is 18.9. The molecule has 0 unspecified atom stereocenters. The number of aromatic hydroxyl groups is 1. The summed E-state index contributed by atoms with van der Waals surface area (Å²) in [5.74, 6) is 0.841. The summed E-state index contributed by atoms with van der Waals surface area (Å²) < 4.78 is 4.99. The van der Waals surface area contributed by atoms with Crippen LogP contribution in [0.2, 0.25) is 0 Å². The summed E-state index contributed by atoms with van der Waals surface area (Å²) in [7, 11) is 1.62. The highest BCUT2D eigenvalue weighted by atomic mass is 16.5. The Morgan fingerprint density at radius 1 is 1.19 bits per heavy atom. The Balaban J connectivity index is 0.00000114. The van der Waals surface area contributed by atoms with Gasteiger partial charge in [-0.3, -0.25) is 19.3 Å². The van der Waals surface area contributed by atoms with E-state index >= 15 is 0 Å². The lowest BCUT2D eigenvalue weighted by molar-refractivity contribution is -0.123. The molecule has 0 radical (unpaired) electrons. The van der Waals surface area contributed by atoms with Gasteiger partial charge in [-0.05, 0) is 62.3 Å². The summed E-state index contributed by atoms with van der Waals surface area (Å²) in [6.45, 7) is 4.22. The molecule has 9 nitrogen and oxygen atoms in total. The SMILES string of the molecule is COCCNC(=O)C[C@H]1CC[C@@H](CNC(=O)c2ccc(O)cc2C)N1CC1CC1.O=CO. The molecule has 1 heterocycles. The van der Waals surface area contributed by atoms with Crippen LogP contribution in [0.3, 0.4) is 0 Å². The maximum Gasteiger partial charge on any atom is 0.290 e. The van der Waals surface area contributed by atoms with Crippen molar-refractivity contribution in [3.8, 4) is 5.75 Å². The van der Waals surface area contributed by atoms with E-state index in [9.17, 15) is 14.7 Å². The fourth-order valence-corrected chi connectivity index (χ4v) is 4.14. The van der Waals surface area contributed by atoms with Crippen LogP contribution in [0.5, 0.6) is 5.75 Å². The minimum absolute atomic E-state index is 0.0669. The number of aryl methyl sites for hydroxylation is 1. The van der Waals surface area contributed by atoms with Crippen LogP contribution in [0.4, 0.5) is 0 Å². The number of carbonyl (C=O) groups is 3. The van der Waals surface area contributed by atoms with E-state index in [2.05, 4.69) is 15.5 Å². The predicted octanol–water partition coefficient (Wildman–Crippen LogP) is 1.53. The van der Waals surface area contributed by atoms with Crippen molar-refractivity contribution in [2.45, 2.75) is 51.1 Å². The van der Waals surface area contributed by atoms with Crippen molar-refractivity contribution in [2.24, 2.45) is 5.92 Å². The lowest BCUT2D eigenvalue weighted by Crippen LogP contribution is -2.45. The second kappa shape index (κ2) is 13.0. The molecule has 32 heavy (non-hydrogen) atoms. The van der Waals surface area contributed by atoms with Crippen LogP contribution >= 0.6 is 0 Å². The van der Waals surface area contributed by atoms with Gasteiger partial charge in [0.2, 0.25) is 5.91 Å². The first-order chi connectivity index (χ1) is 15.4. The van der Waals surface area contributed by atoms with Crippen LogP contribution in [0, 0.1) is 12.8 Å². The predicted molar refractivity (Wildman–Crippen MR) is 120 cm³/mol. The molecule has 1 aliphatic carbocycles. The zero-order chi connectivity index (χ0) is 23.5. The first-order valence-electron chi connectivity index (χ1n) is 11.1. The number of amides is 2. The quantitative estimate of drug-likeness (QED) is 0.315. The van der Waals surface area contributed by atoms with Gasteiger partial charge in [-0.1, -0.05) is 0 Å². The van der Waals surface area contributed by atoms with Gasteiger partial charge in [-0.2, -0.15) is 0 Å². The first-order valence-corrected chi connectivity index (χ1v) is 11.1. The van der Waals surface area contributed by atoms with E-state index in [0.717, 1.165) is 30.9 Å². The van der Waals surface area contributed by atoms with Crippen molar-refractivity contribution in [3.63, 3.8) is 0 Å². The normalized spacial score (nSPS) is 20.2. The molecule has 4 N–H and O–H groups in total. The van der Waals surface area contributed by atoms with Crippen LogP contribution in [0.1, 0.15) is 48.0 Å². The van der Waals surface area contributed by atoms with Crippen LogP contribution < -0.4 is 10.6 Å². The van der Waals surface area contributed by atoms with E-state index in [-0.39, 0.29) is 36.1 Å². The van der Waals surface area contributed by atoms with E-state index in [0.29, 0.717) is 31.7 Å². The van der Waals surface area contributed by atoms with E-state index < -0.39 is 0 Å². The molecule has 2 amide bonds. The van der Waals surface area contributed by atoms with Gasteiger partial charge in [0, 0.05) is 50.8 Å². The molecule has 178 valence electrons. The van der Waals surface area contributed by atoms with Crippen molar-refractivity contribution in [3.05, 3.63) is 29.3 Å².